The molecule has 4 N–H and O–H groups in total. The Kier molecular flexibility index (Phi) is 5.67. The second-order valence-electron chi connectivity index (χ2n) is 5.47. The van der Waals surface area contributed by atoms with Crippen LogP contribution < -0.4 is 11.1 Å². The number of carbonyl (C=O) groups excluding carboxylic acids is 1. The predicted molar refractivity (Wildman–Crippen MR) is 78.1 cm³/mol. The number of nitrogens with two attached hydrogens (primary N) is 1. The number of nitrogens with one attached hydrogen (secondary N) is 1. The summed E-state index contributed by atoms with van der Waals surface area (Å²) in [6, 6.07) is 4.50. The maximum atomic E-state index is 12.0. The molecule has 0 heterocycles. The Morgan fingerprint density at radius 2 is 2.00 bits per heavy atom. The van der Waals surface area contributed by atoms with Crippen LogP contribution >= 0.6 is 0 Å². The molecule has 0 radical (unpaired) electrons. The summed E-state index contributed by atoms with van der Waals surface area (Å²) in [5.74, 6) is 0.502. The number of rotatable bonds is 6. The first kappa shape index (κ1) is 15.3. The Hall–Kier alpha value is -1.71. The highest BCUT2D eigenvalue weighted by molar-refractivity contribution is 5.99. The van der Waals surface area contributed by atoms with Gasteiger partial charge in [0.1, 0.15) is 5.75 Å². The fraction of sp³-hybridized carbons (Fsp3) is 0.533. The van der Waals surface area contributed by atoms with Gasteiger partial charge in [0.15, 0.2) is 0 Å². The van der Waals surface area contributed by atoms with Crippen LogP contribution in [-0.2, 0) is 0 Å². The summed E-state index contributed by atoms with van der Waals surface area (Å²) in [6.45, 7) is 6.37. The van der Waals surface area contributed by atoms with Crippen LogP contribution in [0.2, 0.25) is 0 Å². The molecule has 1 aromatic carbocycles. The Morgan fingerprint density at radius 3 is 2.63 bits per heavy atom. The zero-order valence-electron chi connectivity index (χ0n) is 11.9. The fourth-order valence-electron chi connectivity index (χ4n) is 1.95. The number of phenols is 1. The first-order chi connectivity index (χ1) is 8.90. The van der Waals surface area contributed by atoms with Crippen LogP contribution in [0.5, 0.6) is 5.75 Å². The maximum Gasteiger partial charge on any atom is 0.253 e. The largest absolute Gasteiger partial charge is 0.508 e. The van der Waals surface area contributed by atoms with E-state index in [9.17, 15) is 9.90 Å². The molecule has 1 aromatic rings. The number of benzene rings is 1. The minimum absolute atomic E-state index is 0.0480. The minimum atomic E-state index is -0.231. The van der Waals surface area contributed by atoms with Crippen molar-refractivity contribution in [3.05, 3.63) is 23.8 Å². The van der Waals surface area contributed by atoms with Gasteiger partial charge in [-0.3, -0.25) is 4.79 Å². The van der Waals surface area contributed by atoms with E-state index in [1.807, 2.05) is 6.92 Å². The van der Waals surface area contributed by atoms with E-state index < -0.39 is 0 Å². The Balaban J connectivity index is 2.52. The summed E-state index contributed by atoms with van der Waals surface area (Å²) < 4.78 is 0. The van der Waals surface area contributed by atoms with Crippen molar-refractivity contribution in [2.45, 2.75) is 46.1 Å². The van der Waals surface area contributed by atoms with E-state index in [4.69, 9.17) is 5.73 Å². The third-order valence-corrected chi connectivity index (χ3v) is 3.08. The van der Waals surface area contributed by atoms with Crippen LogP contribution in [0.4, 0.5) is 5.69 Å². The van der Waals surface area contributed by atoms with Crippen LogP contribution in [0.1, 0.15) is 50.4 Å². The lowest BCUT2D eigenvalue weighted by Crippen LogP contribution is -2.33. The zero-order chi connectivity index (χ0) is 14.4. The molecule has 0 bridgehead atoms. The molecule has 106 valence electrons. The van der Waals surface area contributed by atoms with Gasteiger partial charge in [0.05, 0.1) is 5.56 Å². The summed E-state index contributed by atoms with van der Waals surface area (Å²) in [5.41, 5.74) is 6.44. The average Bonchev–Trinajstić information content (AvgIpc) is 2.31. The van der Waals surface area contributed by atoms with E-state index in [-0.39, 0.29) is 17.7 Å². The third-order valence-electron chi connectivity index (χ3n) is 3.08. The molecule has 0 saturated carbocycles. The van der Waals surface area contributed by atoms with Crippen molar-refractivity contribution in [3.8, 4) is 5.75 Å². The molecular formula is C15H24N2O2. The van der Waals surface area contributed by atoms with Gasteiger partial charge in [0, 0.05) is 11.7 Å². The van der Waals surface area contributed by atoms with E-state index in [2.05, 4.69) is 19.2 Å². The quantitative estimate of drug-likeness (QED) is 0.546. The molecule has 0 aliphatic heterocycles. The van der Waals surface area contributed by atoms with Gasteiger partial charge in [-0.25, -0.2) is 0 Å². The van der Waals surface area contributed by atoms with Crippen molar-refractivity contribution in [2.75, 3.05) is 5.73 Å². The van der Waals surface area contributed by atoms with Gasteiger partial charge in [0.2, 0.25) is 0 Å². The highest BCUT2D eigenvalue weighted by Crippen LogP contribution is 2.18. The first-order valence-corrected chi connectivity index (χ1v) is 6.79. The van der Waals surface area contributed by atoms with E-state index >= 15 is 0 Å². The Labute approximate surface area is 115 Å². The number of amides is 1. The van der Waals surface area contributed by atoms with E-state index in [1.54, 1.807) is 0 Å². The van der Waals surface area contributed by atoms with Crippen LogP contribution in [0, 0.1) is 5.92 Å². The summed E-state index contributed by atoms with van der Waals surface area (Å²) in [7, 11) is 0. The van der Waals surface area contributed by atoms with Gasteiger partial charge < -0.3 is 16.2 Å². The van der Waals surface area contributed by atoms with Crippen LogP contribution in [0.25, 0.3) is 0 Å². The number of aromatic hydroxyl groups is 1. The second-order valence-corrected chi connectivity index (χ2v) is 5.47. The van der Waals surface area contributed by atoms with E-state index in [0.717, 1.165) is 19.3 Å². The SMILES string of the molecule is CC(C)CCCC(C)NC(=O)c1cc(O)ccc1N. The van der Waals surface area contributed by atoms with E-state index in [1.165, 1.54) is 18.2 Å². The molecule has 0 fully saturated rings. The van der Waals surface area contributed by atoms with Crippen molar-refractivity contribution in [1.29, 1.82) is 0 Å². The lowest BCUT2D eigenvalue weighted by Gasteiger charge is -2.15. The lowest BCUT2D eigenvalue weighted by atomic mass is 10.0. The minimum Gasteiger partial charge on any atom is -0.508 e. The van der Waals surface area contributed by atoms with Crippen molar-refractivity contribution in [3.63, 3.8) is 0 Å². The number of phenolic OH excluding ortho intramolecular Hbond substituents is 1. The second kappa shape index (κ2) is 7.02. The third kappa shape index (κ3) is 5.20. The molecule has 19 heavy (non-hydrogen) atoms. The zero-order valence-corrected chi connectivity index (χ0v) is 11.9. The molecule has 1 amide bonds. The Morgan fingerprint density at radius 1 is 1.32 bits per heavy atom. The van der Waals surface area contributed by atoms with Gasteiger partial charge in [-0.05, 0) is 37.5 Å². The highest BCUT2D eigenvalue weighted by atomic mass is 16.3. The van der Waals surface area contributed by atoms with Gasteiger partial charge in [-0.15, -0.1) is 0 Å². The number of nitrogen functional groups attached to an aromatic ring is 1. The maximum absolute atomic E-state index is 12.0. The molecule has 4 nitrogen and oxygen atoms in total. The molecular weight excluding hydrogens is 240 g/mol. The fourth-order valence-corrected chi connectivity index (χ4v) is 1.95. The number of carbonyl (C=O) groups is 1. The standard InChI is InChI=1S/C15H24N2O2/c1-10(2)5-4-6-11(3)17-15(19)13-9-12(18)7-8-14(13)16/h7-11,18H,4-6,16H2,1-3H3,(H,17,19). The molecule has 0 aromatic heterocycles. The molecule has 4 heteroatoms. The van der Waals surface area contributed by atoms with Gasteiger partial charge >= 0.3 is 0 Å². The lowest BCUT2D eigenvalue weighted by molar-refractivity contribution is 0.0938. The van der Waals surface area contributed by atoms with Crippen LogP contribution in [0.3, 0.4) is 0 Å². The molecule has 0 aliphatic carbocycles. The molecule has 1 rings (SSSR count). The molecule has 0 spiro atoms. The topological polar surface area (TPSA) is 75.3 Å². The first-order valence-electron chi connectivity index (χ1n) is 6.79. The highest BCUT2D eigenvalue weighted by Gasteiger charge is 2.13. The van der Waals surface area contributed by atoms with Crippen LogP contribution in [0.15, 0.2) is 18.2 Å². The van der Waals surface area contributed by atoms with Crippen molar-refractivity contribution in [2.24, 2.45) is 5.92 Å². The van der Waals surface area contributed by atoms with Gasteiger partial charge in [-0.1, -0.05) is 26.7 Å². The van der Waals surface area contributed by atoms with E-state index in [0.29, 0.717) is 17.2 Å². The summed E-state index contributed by atoms with van der Waals surface area (Å²) in [5, 5.41) is 12.3. The summed E-state index contributed by atoms with van der Waals surface area (Å²) >= 11 is 0. The monoisotopic (exact) mass is 264 g/mol. The summed E-state index contributed by atoms with van der Waals surface area (Å²) in [6.07, 6.45) is 3.20. The Bertz CT molecular complexity index is 430. The van der Waals surface area contributed by atoms with Crippen molar-refractivity contribution < 1.29 is 9.90 Å². The number of anilines is 1. The van der Waals surface area contributed by atoms with Gasteiger partial charge in [-0.2, -0.15) is 0 Å². The molecule has 1 atom stereocenters. The summed E-state index contributed by atoms with van der Waals surface area (Å²) in [4.78, 5) is 12.0. The van der Waals surface area contributed by atoms with Crippen molar-refractivity contribution in [1.82, 2.24) is 5.32 Å². The smallest absolute Gasteiger partial charge is 0.253 e. The number of hydrogen-bond acceptors (Lipinski definition) is 3. The predicted octanol–water partition coefficient (Wildman–Crippen LogP) is 2.92. The normalized spacial score (nSPS) is 12.4. The van der Waals surface area contributed by atoms with Gasteiger partial charge in [0.25, 0.3) is 5.91 Å². The molecule has 1 unspecified atom stereocenters. The van der Waals surface area contributed by atoms with Crippen LogP contribution in [-0.4, -0.2) is 17.1 Å². The average molecular weight is 264 g/mol. The molecule has 0 aliphatic rings. The number of hydrogen-bond donors (Lipinski definition) is 3. The van der Waals surface area contributed by atoms with Crippen molar-refractivity contribution >= 4 is 11.6 Å². The molecule has 0 saturated heterocycles.